The Bertz CT molecular complexity index is 898. The summed E-state index contributed by atoms with van der Waals surface area (Å²) in [5.41, 5.74) is 6.57. The first-order valence-electron chi connectivity index (χ1n) is 9.53. The van der Waals surface area contributed by atoms with Crippen molar-refractivity contribution in [3.63, 3.8) is 0 Å². The van der Waals surface area contributed by atoms with Crippen LogP contribution in [-0.4, -0.2) is 36.1 Å². The molecule has 0 spiro atoms. The average Bonchev–Trinajstić information content (AvgIpc) is 2.75. The van der Waals surface area contributed by atoms with Gasteiger partial charge in [0.1, 0.15) is 17.4 Å². The molecule has 3 rings (SSSR count). The lowest BCUT2D eigenvalue weighted by Gasteiger charge is -2.28. The summed E-state index contributed by atoms with van der Waals surface area (Å²) in [5.74, 6) is -1.02. The van der Waals surface area contributed by atoms with Gasteiger partial charge in [0.05, 0.1) is 0 Å². The zero-order chi connectivity index (χ0) is 21.5. The van der Waals surface area contributed by atoms with Crippen molar-refractivity contribution in [1.82, 2.24) is 10.4 Å². The third-order valence-electron chi connectivity index (χ3n) is 4.40. The molecule has 0 bridgehead atoms. The fourth-order valence-electron chi connectivity index (χ4n) is 2.79. The molecule has 2 aromatic rings. The maximum absolute atomic E-state index is 12.5. The number of imide groups is 2. The van der Waals surface area contributed by atoms with Crippen LogP contribution in [0.1, 0.15) is 18.9 Å². The standard InChI is InChI=1S/C21H23N3O6/c1-2-28-12-11-18-19(25)23-21(27)24(20(18)26)30-17-9-7-16(8-10-17)29-15-5-3-14(13-22)4-6-15/h3-10,18H,2,11-13,22H2,1H3,(H,23,25,27). The van der Waals surface area contributed by atoms with Gasteiger partial charge in [0.2, 0.25) is 5.91 Å². The van der Waals surface area contributed by atoms with Crippen LogP contribution in [0.25, 0.3) is 0 Å². The summed E-state index contributed by atoms with van der Waals surface area (Å²) in [6.45, 7) is 2.95. The second-order valence-corrected chi connectivity index (χ2v) is 6.48. The smallest absolute Gasteiger partial charge is 0.364 e. The lowest BCUT2D eigenvalue weighted by Crippen LogP contribution is -2.59. The number of hydrogen-bond acceptors (Lipinski definition) is 7. The number of ether oxygens (including phenoxy) is 2. The Morgan fingerprint density at radius 1 is 0.967 bits per heavy atom. The third-order valence-corrected chi connectivity index (χ3v) is 4.40. The van der Waals surface area contributed by atoms with Crippen LogP contribution in [0.4, 0.5) is 4.79 Å². The Morgan fingerprint density at radius 3 is 2.17 bits per heavy atom. The van der Waals surface area contributed by atoms with E-state index in [1.54, 1.807) is 24.3 Å². The average molecular weight is 413 g/mol. The van der Waals surface area contributed by atoms with Gasteiger partial charge in [-0.15, -0.1) is 0 Å². The van der Waals surface area contributed by atoms with Crippen molar-refractivity contribution >= 4 is 17.8 Å². The highest BCUT2D eigenvalue weighted by molar-refractivity contribution is 6.15. The topological polar surface area (TPSA) is 120 Å². The number of nitrogens with zero attached hydrogens (tertiary/aromatic N) is 1. The fraction of sp³-hybridized carbons (Fsp3) is 0.286. The molecule has 0 aliphatic carbocycles. The van der Waals surface area contributed by atoms with Gasteiger partial charge < -0.3 is 20.0 Å². The summed E-state index contributed by atoms with van der Waals surface area (Å²) in [5, 5.41) is 2.68. The Morgan fingerprint density at radius 2 is 1.57 bits per heavy atom. The number of nitrogens with one attached hydrogen (secondary N) is 1. The molecule has 2 aromatic carbocycles. The van der Waals surface area contributed by atoms with E-state index in [2.05, 4.69) is 5.32 Å². The zero-order valence-corrected chi connectivity index (χ0v) is 16.5. The first kappa shape index (κ1) is 21.3. The van der Waals surface area contributed by atoms with Gasteiger partial charge in [-0.3, -0.25) is 14.9 Å². The molecule has 1 atom stereocenters. The number of carbonyl (C=O) groups excluding carboxylic acids is 3. The number of rotatable bonds is 9. The lowest BCUT2D eigenvalue weighted by molar-refractivity contribution is -0.160. The first-order chi connectivity index (χ1) is 14.5. The molecule has 9 heteroatoms. The molecule has 9 nitrogen and oxygen atoms in total. The monoisotopic (exact) mass is 413 g/mol. The zero-order valence-electron chi connectivity index (χ0n) is 16.5. The number of nitrogens with two attached hydrogens (primary N) is 1. The van der Waals surface area contributed by atoms with Crippen molar-refractivity contribution in [2.24, 2.45) is 11.7 Å². The summed E-state index contributed by atoms with van der Waals surface area (Å²) in [7, 11) is 0. The number of benzene rings is 2. The van der Waals surface area contributed by atoms with Crippen molar-refractivity contribution in [2.75, 3.05) is 13.2 Å². The van der Waals surface area contributed by atoms with Crippen LogP contribution in [0.2, 0.25) is 0 Å². The fourth-order valence-corrected chi connectivity index (χ4v) is 2.79. The van der Waals surface area contributed by atoms with Gasteiger partial charge in [-0.1, -0.05) is 17.2 Å². The van der Waals surface area contributed by atoms with E-state index in [0.717, 1.165) is 5.56 Å². The van der Waals surface area contributed by atoms with Crippen LogP contribution in [0.5, 0.6) is 17.2 Å². The van der Waals surface area contributed by atoms with Crippen LogP contribution >= 0.6 is 0 Å². The second kappa shape index (κ2) is 9.86. The van der Waals surface area contributed by atoms with Gasteiger partial charge in [-0.25, -0.2) is 4.79 Å². The SMILES string of the molecule is CCOCCC1C(=O)NC(=O)N(Oc2ccc(Oc3ccc(CN)cc3)cc2)C1=O. The molecule has 1 heterocycles. The normalized spacial score (nSPS) is 16.4. The molecule has 0 aromatic heterocycles. The van der Waals surface area contributed by atoms with Crippen molar-refractivity contribution in [1.29, 1.82) is 0 Å². The quantitative estimate of drug-likeness (QED) is 0.478. The Balaban J connectivity index is 1.63. The molecule has 4 amide bonds. The molecule has 0 saturated carbocycles. The van der Waals surface area contributed by atoms with E-state index in [4.69, 9.17) is 20.0 Å². The van der Waals surface area contributed by atoms with Gasteiger partial charge in [-0.05, 0) is 55.3 Å². The van der Waals surface area contributed by atoms with Crippen molar-refractivity contribution < 1.29 is 28.7 Å². The molecule has 30 heavy (non-hydrogen) atoms. The van der Waals surface area contributed by atoms with E-state index in [9.17, 15) is 14.4 Å². The molecular formula is C21H23N3O6. The second-order valence-electron chi connectivity index (χ2n) is 6.48. The van der Waals surface area contributed by atoms with Gasteiger partial charge in [0.15, 0.2) is 5.75 Å². The van der Waals surface area contributed by atoms with E-state index < -0.39 is 23.8 Å². The molecule has 1 fully saturated rings. The largest absolute Gasteiger partial charge is 0.457 e. The van der Waals surface area contributed by atoms with Crippen molar-refractivity contribution in [3.05, 3.63) is 54.1 Å². The maximum Gasteiger partial charge on any atom is 0.364 e. The highest BCUT2D eigenvalue weighted by Gasteiger charge is 2.42. The summed E-state index contributed by atoms with van der Waals surface area (Å²) in [4.78, 5) is 41.9. The number of hydroxylamine groups is 2. The number of barbiturate groups is 1. The predicted molar refractivity (Wildman–Crippen MR) is 106 cm³/mol. The predicted octanol–water partition coefficient (Wildman–Crippen LogP) is 2.35. The van der Waals surface area contributed by atoms with Crippen molar-refractivity contribution in [3.8, 4) is 17.2 Å². The summed E-state index contributed by atoms with van der Waals surface area (Å²) >= 11 is 0. The lowest BCUT2D eigenvalue weighted by atomic mass is 10.0. The minimum atomic E-state index is -1.05. The number of carbonyl (C=O) groups is 3. The highest BCUT2D eigenvalue weighted by atomic mass is 16.7. The molecule has 3 N–H and O–H groups in total. The molecular weight excluding hydrogens is 390 g/mol. The van der Waals surface area contributed by atoms with Crippen LogP contribution in [0, 0.1) is 5.92 Å². The van der Waals surface area contributed by atoms with Crippen LogP contribution in [0.15, 0.2) is 48.5 Å². The Kier molecular flexibility index (Phi) is 6.99. The van der Waals surface area contributed by atoms with Gasteiger partial charge >= 0.3 is 6.03 Å². The third kappa shape index (κ3) is 5.13. The van der Waals surface area contributed by atoms with E-state index >= 15 is 0 Å². The molecule has 0 radical (unpaired) electrons. The Hall–Kier alpha value is -3.43. The number of urea groups is 1. The summed E-state index contributed by atoms with van der Waals surface area (Å²) < 4.78 is 10.9. The summed E-state index contributed by atoms with van der Waals surface area (Å²) in [6, 6.07) is 12.8. The molecule has 158 valence electrons. The molecule has 1 saturated heterocycles. The number of hydrogen-bond donors (Lipinski definition) is 2. The van der Waals surface area contributed by atoms with Crippen LogP contribution in [0.3, 0.4) is 0 Å². The first-order valence-corrected chi connectivity index (χ1v) is 9.53. The van der Waals surface area contributed by atoms with E-state index in [1.165, 1.54) is 0 Å². The number of amides is 4. The van der Waals surface area contributed by atoms with Gasteiger partial charge in [0.25, 0.3) is 5.91 Å². The highest BCUT2D eigenvalue weighted by Crippen LogP contribution is 2.25. The molecule has 1 unspecified atom stereocenters. The van der Waals surface area contributed by atoms with Gasteiger partial charge in [0, 0.05) is 19.8 Å². The Labute approximate surface area is 173 Å². The molecule has 1 aliphatic heterocycles. The van der Waals surface area contributed by atoms with Crippen LogP contribution < -0.4 is 20.6 Å². The van der Waals surface area contributed by atoms with Gasteiger partial charge in [-0.2, -0.15) is 0 Å². The minimum Gasteiger partial charge on any atom is -0.457 e. The minimum absolute atomic E-state index is 0.154. The van der Waals surface area contributed by atoms with E-state index in [-0.39, 0.29) is 18.8 Å². The van der Waals surface area contributed by atoms with E-state index in [0.29, 0.717) is 29.7 Å². The summed E-state index contributed by atoms with van der Waals surface area (Å²) in [6.07, 6.45) is 0.154. The van der Waals surface area contributed by atoms with Crippen LogP contribution in [-0.2, 0) is 20.9 Å². The van der Waals surface area contributed by atoms with Crippen molar-refractivity contribution in [2.45, 2.75) is 19.9 Å². The maximum atomic E-state index is 12.5. The van der Waals surface area contributed by atoms with E-state index in [1.807, 2.05) is 31.2 Å². The molecule has 1 aliphatic rings.